The third kappa shape index (κ3) is 5.17. The zero-order valence-electron chi connectivity index (χ0n) is 22.1. The highest BCUT2D eigenvalue weighted by atomic mass is 32.2. The third-order valence-corrected chi connectivity index (χ3v) is 8.08. The molecule has 0 amide bonds. The summed E-state index contributed by atoms with van der Waals surface area (Å²) in [5.41, 5.74) is 5.82. The molecular formula is C29H34N2O6S. The molecule has 1 saturated carbocycles. The molecule has 9 heteroatoms. The number of methoxy groups -OCH3 is 2. The molecule has 8 nitrogen and oxygen atoms in total. The van der Waals surface area contributed by atoms with Crippen LogP contribution >= 0.6 is 0 Å². The number of nitrogens with zero attached hydrogens (tertiary/aromatic N) is 1. The van der Waals surface area contributed by atoms with Crippen molar-refractivity contribution in [3.8, 4) is 17.0 Å². The van der Waals surface area contributed by atoms with Crippen LogP contribution in [0.25, 0.3) is 33.1 Å². The van der Waals surface area contributed by atoms with Crippen LogP contribution in [0.1, 0.15) is 60.4 Å². The lowest BCUT2D eigenvalue weighted by Crippen LogP contribution is -2.08. The van der Waals surface area contributed by atoms with Gasteiger partial charge in [-0.1, -0.05) is 25.3 Å². The van der Waals surface area contributed by atoms with Gasteiger partial charge >= 0.3 is 5.97 Å². The summed E-state index contributed by atoms with van der Waals surface area (Å²) in [7, 11) is -0.426. The van der Waals surface area contributed by atoms with Crippen molar-refractivity contribution in [2.24, 2.45) is 0 Å². The van der Waals surface area contributed by atoms with Crippen molar-refractivity contribution in [1.29, 1.82) is 0 Å². The van der Waals surface area contributed by atoms with Crippen molar-refractivity contribution >= 4 is 37.9 Å². The second kappa shape index (κ2) is 10.8. The Hall–Kier alpha value is -3.30. The Balaban J connectivity index is 1.66. The minimum atomic E-state index is -3.48. The first-order chi connectivity index (χ1) is 18.3. The summed E-state index contributed by atoms with van der Waals surface area (Å²) in [6.45, 7) is 0.707. The molecule has 2 aromatic carbocycles. The Morgan fingerprint density at radius 2 is 1.84 bits per heavy atom. The van der Waals surface area contributed by atoms with Crippen LogP contribution in [0, 0.1) is 0 Å². The molecular weight excluding hydrogens is 504 g/mol. The fraction of sp³-hybridized carbons (Fsp3) is 0.414. The number of ether oxygens (including phenoxy) is 2. The van der Waals surface area contributed by atoms with E-state index in [1.807, 2.05) is 36.5 Å². The number of rotatable bonds is 9. The summed E-state index contributed by atoms with van der Waals surface area (Å²) in [6, 6.07) is 11.9. The zero-order chi connectivity index (χ0) is 26.9. The maximum atomic E-state index is 12.3. The summed E-state index contributed by atoms with van der Waals surface area (Å²) < 4.78 is 40.6. The highest BCUT2D eigenvalue weighted by Gasteiger charge is 2.26. The second-order valence-corrected chi connectivity index (χ2v) is 11.6. The number of nitrogens with one attached hydrogen (secondary N) is 1. The molecule has 38 heavy (non-hydrogen) atoms. The van der Waals surface area contributed by atoms with Crippen LogP contribution in [-0.2, 0) is 25.6 Å². The minimum absolute atomic E-state index is 0.119. The minimum Gasteiger partial charge on any atom is -0.496 e. The van der Waals surface area contributed by atoms with E-state index in [1.165, 1.54) is 31.9 Å². The number of benzene rings is 2. The van der Waals surface area contributed by atoms with Gasteiger partial charge < -0.3 is 19.0 Å². The van der Waals surface area contributed by atoms with Crippen LogP contribution in [0.2, 0.25) is 0 Å². The predicted molar refractivity (Wildman–Crippen MR) is 148 cm³/mol. The summed E-state index contributed by atoms with van der Waals surface area (Å²) in [5.74, 6) is 0.831. The number of hydrogen-bond donors (Lipinski definition) is 1. The molecule has 2 heterocycles. The number of aromatic nitrogens is 2. The molecule has 0 unspecified atom stereocenters. The highest BCUT2D eigenvalue weighted by Crippen LogP contribution is 2.45. The van der Waals surface area contributed by atoms with E-state index in [0.717, 1.165) is 57.9 Å². The smallest absolute Gasteiger partial charge is 0.337 e. The van der Waals surface area contributed by atoms with E-state index in [0.29, 0.717) is 24.4 Å². The van der Waals surface area contributed by atoms with Crippen LogP contribution < -0.4 is 4.74 Å². The topological polar surface area (TPSA) is 99.6 Å². The van der Waals surface area contributed by atoms with Crippen LogP contribution in [0.5, 0.6) is 5.75 Å². The molecule has 0 bridgehead atoms. The Morgan fingerprint density at radius 3 is 2.55 bits per heavy atom. The SMILES string of the molecule is COC(=O)c1ccc2c(C3CCCCC3)c(-c3ccc(OC)c4ccn(CCCOS(C)(=O)=O)c34)[nH]c2c1. The predicted octanol–water partition coefficient (Wildman–Crippen LogP) is 6.00. The van der Waals surface area contributed by atoms with Gasteiger partial charge in [-0.15, -0.1) is 0 Å². The molecule has 0 aliphatic heterocycles. The Bertz CT molecular complexity index is 1580. The van der Waals surface area contributed by atoms with Crippen LogP contribution in [0.15, 0.2) is 42.6 Å². The molecule has 5 rings (SSSR count). The number of carbonyl (C=O) groups is 1. The van der Waals surface area contributed by atoms with Gasteiger partial charge in [0.2, 0.25) is 0 Å². The van der Waals surface area contributed by atoms with Crippen molar-refractivity contribution in [2.45, 2.75) is 51.0 Å². The van der Waals surface area contributed by atoms with E-state index < -0.39 is 10.1 Å². The fourth-order valence-corrected chi connectivity index (χ4v) is 6.22. The number of carbonyl (C=O) groups excluding carboxylic acids is 1. The third-order valence-electron chi connectivity index (χ3n) is 7.49. The zero-order valence-corrected chi connectivity index (χ0v) is 22.9. The van der Waals surface area contributed by atoms with Crippen LogP contribution in [0.3, 0.4) is 0 Å². The van der Waals surface area contributed by atoms with Gasteiger partial charge in [0.15, 0.2) is 0 Å². The van der Waals surface area contributed by atoms with Crippen molar-refractivity contribution < 1.29 is 26.9 Å². The molecule has 0 spiro atoms. The summed E-state index contributed by atoms with van der Waals surface area (Å²) in [5, 5.41) is 2.11. The summed E-state index contributed by atoms with van der Waals surface area (Å²) in [4.78, 5) is 15.9. The van der Waals surface area contributed by atoms with E-state index in [9.17, 15) is 13.2 Å². The molecule has 202 valence electrons. The number of fused-ring (bicyclic) bond motifs is 2. The highest BCUT2D eigenvalue weighted by molar-refractivity contribution is 7.85. The molecule has 1 fully saturated rings. The largest absolute Gasteiger partial charge is 0.496 e. The van der Waals surface area contributed by atoms with Crippen molar-refractivity contribution in [1.82, 2.24) is 9.55 Å². The average molecular weight is 539 g/mol. The lowest BCUT2D eigenvalue weighted by atomic mass is 9.81. The van der Waals surface area contributed by atoms with Crippen LogP contribution in [-0.4, -0.2) is 51.0 Å². The van der Waals surface area contributed by atoms with Gasteiger partial charge in [0.1, 0.15) is 5.75 Å². The van der Waals surface area contributed by atoms with E-state index >= 15 is 0 Å². The number of hydrogen-bond acceptors (Lipinski definition) is 6. The first-order valence-corrected chi connectivity index (χ1v) is 14.9. The summed E-state index contributed by atoms with van der Waals surface area (Å²) >= 11 is 0. The molecule has 1 aliphatic rings. The van der Waals surface area contributed by atoms with Gasteiger partial charge in [-0.2, -0.15) is 8.42 Å². The van der Waals surface area contributed by atoms with Gasteiger partial charge in [-0.3, -0.25) is 4.18 Å². The van der Waals surface area contributed by atoms with Crippen LogP contribution in [0.4, 0.5) is 0 Å². The lowest BCUT2D eigenvalue weighted by Gasteiger charge is -2.23. The second-order valence-electron chi connectivity index (χ2n) is 9.97. The Kier molecular flexibility index (Phi) is 7.49. The molecule has 0 atom stereocenters. The van der Waals surface area contributed by atoms with Crippen molar-refractivity contribution in [2.75, 3.05) is 27.1 Å². The standard InChI is InChI=1S/C29H34N2O6S/c1-35-25-13-12-23(28-22(25)14-16-31(28)15-7-17-37-38(3,33)34)27-26(19-8-5-4-6-9-19)21-11-10-20(29(32)36-2)18-24(21)30-27/h10-14,16,18-19,30H,4-9,15,17H2,1-3H3. The summed E-state index contributed by atoms with van der Waals surface area (Å²) in [6.07, 6.45) is 9.52. The number of esters is 1. The van der Waals surface area contributed by atoms with Gasteiger partial charge in [-0.05, 0) is 61.1 Å². The van der Waals surface area contributed by atoms with Crippen molar-refractivity contribution in [3.63, 3.8) is 0 Å². The normalized spacial score (nSPS) is 14.8. The van der Waals surface area contributed by atoms with Gasteiger partial charge in [0.05, 0.1) is 43.9 Å². The molecule has 0 saturated heterocycles. The van der Waals surface area contributed by atoms with E-state index in [4.69, 9.17) is 13.7 Å². The quantitative estimate of drug-likeness (QED) is 0.159. The molecule has 0 radical (unpaired) electrons. The Labute approximate surface area is 223 Å². The van der Waals surface area contributed by atoms with Gasteiger partial charge in [-0.25, -0.2) is 4.79 Å². The monoisotopic (exact) mass is 538 g/mol. The number of aromatic amines is 1. The molecule has 4 aromatic rings. The van der Waals surface area contributed by atoms with E-state index in [-0.39, 0.29) is 12.6 Å². The number of H-pyrrole nitrogens is 1. The number of aryl methyl sites for hydroxylation is 1. The first kappa shape index (κ1) is 26.3. The maximum Gasteiger partial charge on any atom is 0.337 e. The molecule has 2 aromatic heterocycles. The average Bonchev–Trinajstić information content (AvgIpc) is 3.51. The maximum absolute atomic E-state index is 12.3. The lowest BCUT2D eigenvalue weighted by molar-refractivity contribution is 0.0601. The first-order valence-electron chi connectivity index (χ1n) is 13.0. The van der Waals surface area contributed by atoms with Gasteiger partial charge in [0, 0.05) is 34.6 Å². The Morgan fingerprint density at radius 1 is 1.05 bits per heavy atom. The van der Waals surface area contributed by atoms with Gasteiger partial charge in [0.25, 0.3) is 10.1 Å². The fourth-order valence-electron chi connectivity index (χ4n) is 5.80. The van der Waals surface area contributed by atoms with Crippen molar-refractivity contribution in [3.05, 3.63) is 53.7 Å². The van der Waals surface area contributed by atoms with E-state index in [1.54, 1.807) is 7.11 Å². The molecule has 1 aliphatic carbocycles. The molecule has 1 N–H and O–H groups in total. The van der Waals surface area contributed by atoms with E-state index in [2.05, 4.69) is 15.6 Å².